The third kappa shape index (κ3) is 5.76. The fraction of sp³-hybridized carbons (Fsp3) is 0.889. The van der Waals surface area contributed by atoms with E-state index in [1.165, 1.54) is 49.2 Å². The van der Waals surface area contributed by atoms with Crippen molar-refractivity contribution in [3.05, 3.63) is 9.35 Å². The molecule has 0 saturated carbocycles. The minimum absolute atomic E-state index is 0.797. The topological polar surface area (TPSA) is 0 Å². The molecule has 2 bridgehead atoms. The van der Waals surface area contributed by atoms with Crippen molar-refractivity contribution >= 4 is 36.6 Å². The summed E-state index contributed by atoms with van der Waals surface area (Å²) in [7, 11) is 0. The maximum atomic E-state index is 2.79. The Kier molecular flexibility index (Phi) is 9.17. The van der Waals surface area contributed by atoms with Gasteiger partial charge >= 0.3 is 146 Å². The molecule has 2 aliphatic heterocycles. The molecule has 0 nitrogen and oxygen atoms in total. The van der Waals surface area contributed by atoms with Crippen molar-refractivity contribution in [2.75, 3.05) is 0 Å². The fourth-order valence-corrected chi connectivity index (χ4v) is 10.2. The molecule has 0 aromatic heterocycles. The molecule has 0 aromatic carbocycles. The minimum atomic E-state index is 0.797. The van der Waals surface area contributed by atoms with E-state index >= 15 is 0 Å². The van der Waals surface area contributed by atoms with Crippen LogP contribution in [0.1, 0.15) is 78.1 Å². The average molecular weight is 418 g/mol. The van der Waals surface area contributed by atoms with Gasteiger partial charge in [-0.15, -0.1) is 0 Å². The van der Waals surface area contributed by atoms with Gasteiger partial charge in [-0.05, 0) is 0 Å². The molecule has 0 amide bonds. The van der Waals surface area contributed by atoms with Crippen LogP contribution in [0.5, 0.6) is 0 Å². The van der Waals surface area contributed by atoms with Crippen LogP contribution >= 0.6 is 0 Å². The molecule has 0 unspecified atom stereocenters. The van der Waals surface area contributed by atoms with Crippen LogP contribution in [0.25, 0.3) is 0 Å². The van der Waals surface area contributed by atoms with E-state index in [0.717, 1.165) is 48.3 Å². The fourth-order valence-electron chi connectivity index (χ4n) is 4.05. The first-order valence-corrected chi connectivity index (χ1v) is 13.6. The van der Waals surface area contributed by atoms with Crippen LogP contribution in [0, 0.1) is 0 Å². The third-order valence-corrected chi connectivity index (χ3v) is 10.5. The van der Waals surface area contributed by atoms with E-state index in [1.54, 1.807) is 25.7 Å². The second kappa shape index (κ2) is 10.6. The van der Waals surface area contributed by atoms with Crippen LogP contribution in [0.4, 0.5) is 0 Å². The maximum absolute atomic E-state index is 2.79. The predicted octanol–water partition coefficient (Wildman–Crippen LogP) is 5.82. The molecule has 2 rings (SSSR count). The Morgan fingerprint density at radius 1 is 0.952 bits per heavy atom. The summed E-state index contributed by atoms with van der Waals surface area (Å²) in [6.07, 6.45) is 14.9. The molecule has 2 fully saturated rings. The zero-order valence-electron chi connectivity index (χ0n) is 14.1. The molecule has 0 radical (unpaired) electrons. The molecule has 21 heavy (non-hydrogen) atoms. The Bertz CT molecular complexity index is 294. The Hall–Kier alpha value is 0.844. The molecular weight excluding hydrogens is 385 g/mol. The van der Waals surface area contributed by atoms with Crippen LogP contribution in [0.2, 0.25) is 22.3 Å². The van der Waals surface area contributed by atoms with Gasteiger partial charge in [-0.25, -0.2) is 0 Å². The number of hydrogen-bond acceptors (Lipinski definition) is 0. The van der Waals surface area contributed by atoms with Crippen LogP contribution < -0.4 is 0 Å². The monoisotopic (exact) mass is 420 g/mol. The van der Waals surface area contributed by atoms with Crippen molar-refractivity contribution in [2.24, 2.45) is 0 Å². The van der Waals surface area contributed by atoms with E-state index in [9.17, 15) is 0 Å². The van der Waals surface area contributed by atoms with Gasteiger partial charge in [0.2, 0.25) is 0 Å². The Balaban J connectivity index is 1.98. The molecule has 0 atom stereocenters. The van der Waals surface area contributed by atoms with Gasteiger partial charge < -0.3 is 0 Å². The summed E-state index contributed by atoms with van der Waals surface area (Å²) in [5.41, 5.74) is 0. The second-order valence-corrected chi connectivity index (χ2v) is 11.4. The molecule has 2 heterocycles. The average Bonchev–Trinajstić information content (AvgIpc) is 2.49. The van der Waals surface area contributed by atoms with Crippen LogP contribution in [-0.2, 0) is 0 Å². The van der Waals surface area contributed by atoms with Gasteiger partial charge in [-0.2, -0.15) is 0 Å². The van der Waals surface area contributed by atoms with Crippen molar-refractivity contribution < 1.29 is 0 Å². The second-order valence-electron chi connectivity index (χ2n) is 6.85. The number of rotatable bonds is 9. The van der Waals surface area contributed by atoms with E-state index in [2.05, 4.69) is 18.8 Å². The summed E-state index contributed by atoms with van der Waals surface area (Å²) in [5.74, 6) is 2.16. The van der Waals surface area contributed by atoms with Gasteiger partial charge in [0.05, 0.1) is 0 Å². The molecule has 120 valence electrons. The summed E-state index contributed by atoms with van der Waals surface area (Å²) in [5, 5.41) is 2.99. The first kappa shape index (κ1) is 18.2. The first-order valence-electron chi connectivity index (χ1n) is 9.31. The van der Waals surface area contributed by atoms with Crippen LogP contribution in [-0.4, -0.2) is 36.6 Å². The van der Waals surface area contributed by atoms with Gasteiger partial charge in [0, 0.05) is 0 Å². The Labute approximate surface area is 146 Å². The third-order valence-electron chi connectivity index (χ3n) is 5.23. The quantitative estimate of drug-likeness (QED) is 0.327. The molecule has 0 spiro atoms. The summed E-state index contributed by atoms with van der Waals surface area (Å²) in [6, 6.07) is 0. The first-order chi connectivity index (χ1) is 10.4. The van der Waals surface area contributed by atoms with E-state index in [1.807, 2.05) is 4.37 Å². The van der Waals surface area contributed by atoms with Crippen molar-refractivity contribution in [1.29, 1.82) is 0 Å². The number of unbranched alkanes of at least 4 members (excludes halogenated alkanes) is 2. The van der Waals surface area contributed by atoms with Crippen LogP contribution in [0.15, 0.2) is 9.35 Å². The summed E-state index contributed by atoms with van der Waals surface area (Å²) >= 11 is 1.62. The number of hydrogen-bond donors (Lipinski definition) is 0. The molecule has 3 heteroatoms. The Morgan fingerprint density at radius 2 is 1.52 bits per heavy atom. The Morgan fingerprint density at radius 3 is 2.10 bits per heavy atom. The van der Waals surface area contributed by atoms with Gasteiger partial charge in [0.1, 0.15) is 0 Å². The van der Waals surface area contributed by atoms with Gasteiger partial charge in [-0.3, -0.25) is 0 Å². The van der Waals surface area contributed by atoms with Gasteiger partial charge in [0.25, 0.3) is 0 Å². The number of fused-ring (bicyclic) bond motifs is 2. The summed E-state index contributed by atoms with van der Waals surface area (Å²) in [4.78, 5) is 2.79. The molecule has 0 N–H and O–H groups in total. The standard InChI is InChI=1S/C18H33BSe2/c1-3-5-13-20-15-18(21-14-6-4-2)19-16-9-7-10-17(19)12-8-11-16/h15-17H,3-14H2,1-2H3/b18-15-. The summed E-state index contributed by atoms with van der Waals surface area (Å²) < 4.78 is 1.99. The van der Waals surface area contributed by atoms with E-state index in [-0.39, 0.29) is 0 Å². The molecular formula is C18H33BSe2. The molecule has 0 aromatic rings. The van der Waals surface area contributed by atoms with Crippen molar-refractivity contribution in [3.8, 4) is 0 Å². The summed E-state index contributed by atoms with van der Waals surface area (Å²) in [6.45, 7) is 5.71. The SMILES string of the molecule is CCCC[Se]/C=C(\[Se]CCCC)B1C2CCCC1CCC2. The van der Waals surface area contributed by atoms with E-state index in [0.29, 0.717) is 0 Å². The molecule has 2 aliphatic rings. The predicted molar refractivity (Wildman–Crippen MR) is 100.0 cm³/mol. The van der Waals surface area contributed by atoms with E-state index < -0.39 is 0 Å². The zero-order chi connectivity index (χ0) is 14.9. The van der Waals surface area contributed by atoms with Crippen molar-refractivity contribution in [2.45, 2.75) is 100 Å². The van der Waals surface area contributed by atoms with Crippen LogP contribution in [0.3, 0.4) is 0 Å². The van der Waals surface area contributed by atoms with E-state index in [4.69, 9.17) is 0 Å². The normalized spacial score (nSPS) is 26.2. The molecule has 2 saturated heterocycles. The molecule has 0 aliphatic carbocycles. The van der Waals surface area contributed by atoms with Gasteiger partial charge in [0.15, 0.2) is 0 Å². The van der Waals surface area contributed by atoms with Gasteiger partial charge in [-0.1, -0.05) is 0 Å². The van der Waals surface area contributed by atoms with Crippen molar-refractivity contribution in [3.63, 3.8) is 0 Å². The van der Waals surface area contributed by atoms with Crippen molar-refractivity contribution in [1.82, 2.24) is 0 Å². The zero-order valence-corrected chi connectivity index (χ0v) is 17.5.